The van der Waals surface area contributed by atoms with Crippen molar-refractivity contribution in [3.8, 4) is 11.8 Å². The molecule has 0 saturated carbocycles. The molecule has 0 aliphatic carbocycles. The van der Waals surface area contributed by atoms with Crippen LogP contribution in [0.25, 0.3) is 0 Å². The highest BCUT2D eigenvalue weighted by molar-refractivity contribution is 6.30. The molecule has 2 aromatic rings. The number of nitrogens with zero attached hydrogens (tertiary/aromatic N) is 1. The molecular formula is C17H15ClN2O2. The molecule has 0 radical (unpaired) electrons. The summed E-state index contributed by atoms with van der Waals surface area (Å²) in [6, 6.07) is 16.7. The van der Waals surface area contributed by atoms with Crippen molar-refractivity contribution in [1.29, 1.82) is 5.26 Å². The molecule has 0 unspecified atom stereocenters. The fourth-order valence-electron chi connectivity index (χ4n) is 1.91. The Kier molecular flexibility index (Phi) is 5.81. The number of carbonyl (C=O) groups excluding carboxylic acids is 1. The van der Waals surface area contributed by atoms with Crippen molar-refractivity contribution in [3.05, 3.63) is 64.7 Å². The van der Waals surface area contributed by atoms with Gasteiger partial charge in [-0.25, -0.2) is 0 Å². The third-order valence-corrected chi connectivity index (χ3v) is 3.21. The molecule has 1 amide bonds. The Morgan fingerprint density at radius 3 is 2.82 bits per heavy atom. The quantitative estimate of drug-likeness (QED) is 0.888. The van der Waals surface area contributed by atoms with E-state index < -0.39 is 0 Å². The lowest BCUT2D eigenvalue weighted by atomic mass is 10.2. The van der Waals surface area contributed by atoms with Crippen LogP contribution in [-0.4, -0.2) is 5.91 Å². The number of hydrogen-bond donors (Lipinski definition) is 1. The van der Waals surface area contributed by atoms with Gasteiger partial charge in [-0.2, -0.15) is 5.26 Å². The zero-order valence-electron chi connectivity index (χ0n) is 11.9. The van der Waals surface area contributed by atoms with Gasteiger partial charge >= 0.3 is 0 Å². The van der Waals surface area contributed by atoms with Gasteiger partial charge in [-0.1, -0.05) is 41.9 Å². The number of carbonyl (C=O) groups is 1. The zero-order valence-corrected chi connectivity index (χ0v) is 12.6. The molecular weight excluding hydrogens is 300 g/mol. The van der Waals surface area contributed by atoms with Gasteiger partial charge in [0.25, 0.3) is 0 Å². The highest BCUT2D eigenvalue weighted by atomic mass is 35.5. The first kappa shape index (κ1) is 15.9. The van der Waals surface area contributed by atoms with Gasteiger partial charge in [-0.15, -0.1) is 0 Å². The van der Waals surface area contributed by atoms with E-state index >= 15 is 0 Å². The first-order valence-electron chi connectivity index (χ1n) is 6.78. The minimum Gasteiger partial charge on any atom is -0.489 e. The van der Waals surface area contributed by atoms with E-state index in [-0.39, 0.29) is 12.3 Å². The Bertz CT molecular complexity index is 695. The van der Waals surface area contributed by atoms with Crippen molar-refractivity contribution in [2.45, 2.75) is 19.6 Å². The van der Waals surface area contributed by atoms with Crippen molar-refractivity contribution in [2.75, 3.05) is 0 Å². The van der Waals surface area contributed by atoms with Crippen LogP contribution >= 0.6 is 11.6 Å². The van der Waals surface area contributed by atoms with Crippen molar-refractivity contribution in [3.63, 3.8) is 0 Å². The minimum atomic E-state index is -0.299. The van der Waals surface area contributed by atoms with Gasteiger partial charge in [-0.3, -0.25) is 4.79 Å². The Hall–Kier alpha value is -2.51. The number of benzene rings is 2. The SMILES string of the molecule is N#CCC(=O)NCc1ccccc1OCc1cccc(Cl)c1. The number of nitriles is 1. The molecule has 0 heterocycles. The number of ether oxygens (including phenoxy) is 1. The lowest BCUT2D eigenvalue weighted by Gasteiger charge is -2.12. The maximum atomic E-state index is 11.4. The number of rotatable bonds is 6. The molecule has 2 aromatic carbocycles. The molecule has 4 nitrogen and oxygen atoms in total. The second-order valence-corrected chi connectivity index (χ2v) is 5.07. The summed E-state index contributed by atoms with van der Waals surface area (Å²) in [7, 11) is 0. The van der Waals surface area contributed by atoms with Crippen LogP contribution in [0.2, 0.25) is 5.02 Å². The van der Waals surface area contributed by atoms with Crippen molar-refractivity contribution >= 4 is 17.5 Å². The normalized spacial score (nSPS) is 9.82. The van der Waals surface area contributed by atoms with Gasteiger partial charge in [0.05, 0.1) is 6.07 Å². The lowest BCUT2D eigenvalue weighted by Crippen LogP contribution is -2.22. The summed E-state index contributed by atoms with van der Waals surface area (Å²) in [5.74, 6) is 0.395. The monoisotopic (exact) mass is 314 g/mol. The van der Waals surface area contributed by atoms with Crippen LogP contribution < -0.4 is 10.1 Å². The third-order valence-electron chi connectivity index (χ3n) is 2.97. The molecule has 0 fully saturated rings. The Morgan fingerprint density at radius 2 is 2.05 bits per heavy atom. The van der Waals surface area contributed by atoms with E-state index in [1.165, 1.54) is 0 Å². The van der Waals surface area contributed by atoms with E-state index in [1.54, 1.807) is 0 Å². The molecule has 0 spiro atoms. The summed E-state index contributed by atoms with van der Waals surface area (Å²) in [4.78, 5) is 11.4. The number of para-hydroxylation sites is 1. The molecule has 0 atom stereocenters. The van der Waals surface area contributed by atoms with E-state index in [0.29, 0.717) is 23.9 Å². The molecule has 0 saturated heterocycles. The molecule has 0 bridgehead atoms. The van der Waals surface area contributed by atoms with Gasteiger partial charge in [0.2, 0.25) is 5.91 Å². The second-order valence-electron chi connectivity index (χ2n) is 4.64. The second kappa shape index (κ2) is 8.06. The number of amides is 1. The van der Waals surface area contributed by atoms with Crippen LogP contribution in [0, 0.1) is 11.3 Å². The van der Waals surface area contributed by atoms with E-state index in [4.69, 9.17) is 21.6 Å². The van der Waals surface area contributed by atoms with Crippen molar-refractivity contribution in [2.24, 2.45) is 0 Å². The average molecular weight is 315 g/mol. The Morgan fingerprint density at radius 1 is 1.23 bits per heavy atom. The van der Waals surface area contributed by atoms with Crippen LogP contribution in [0.4, 0.5) is 0 Å². The molecule has 0 aliphatic heterocycles. The molecule has 2 rings (SSSR count). The summed E-state index contributed by atoms with van der Waals surface area (Å²) in [6.07, 6.45) is -0.147. The Balaban J connectivity index is 1.99. The molecule has 5 heteroatoms. The van der Waals surface area contributed by atoms with Gasteiger partial charge in [0.1, 0.15) is 18.8 Å². The van der Waals surface area contributed by atoms with Gasteiger partial charge in [-0.05, 0) is 23.8 Å². The topological polar surface area (TPSA) is 62.1 Å². The predicted molar refractivity (Wildman–Crippen MR) is 84.3 cm³/mol. The van der Waals surface area contributed by atoms with Crippen LogP contribution in [-0.2, 0) is 17.9 Å². The summed E-state index contributed by atoms with van der Waals surface area (Å²) >= 11 is 5.94. The molecule has 22 heavy (non-hydrogen) atoms. The van der Waals surface area contributed by atoms with Gasteiger partial charge < -0.3 is 10.1 Å². The van der Waals surface area contributed by atoms with Crippen LogP contribution in [0.15, 0.2) is 48.5 Å². The van der Waals surface area contributed by atoms with E-state index in [9.17, 15) is 4.79 Å². The maximum Gasteiger partial charge on any atom is 0.234 e. The number of hydrogen-bond acceptors (Lipinski definition) is 3. The standard InChI is InChI=1S/C17H15ClN2O2/c18-15-6-3-4-13(10-15)12-22-16-7-2-1-5-14(16)11-20-17(21)8-9-19/h1-7,10H,8,11-12H2,(H,20,21). The highest BCUT2D eigenvalue weighted by Gasteiger charge is 2.06. The highest BCUT2D eigenvalue weighted by Crippen LogP contribution is 2.20. The molecule has 112 valence electrons. The smallest absolute Gasteiger partial charge is 0.234 e. The van der Waals surface area contributed by atoms with Crippen LogP contribution in [0.1, 0.15) is 17.5 Å². The summed E-state index contributed by atoms with van der Waals surface area (Å²) < 4.78 is 5.80. The van der Waals surface area contributed by atoms with Crippen LogP contribution in [0.3, 0.4) is 0 Å². The van der Waals surface area contributed by atoms with E-state index in [1.807, 2.05) is 54.6 Å². The van der Waals surface area contributed by atoms with Gasteiger partial charge in [0, 0.05) is 17.1 Å². The number of halogens is 1. The first-order chi connectivity index (χ1) is 10.7. The summed E-state index contributed by atoms with van der Waals surface area (Å²) in [5, 5.41) is 11.8. The first-order valence-corrected chi connectivity index (χ1v) is 7.15. The number of nitrogens with one attached hydrogen (secondary N) is 1. The minimum absolute atomic E-state index is 0.147. The summed E-state index contributed by atoms with van der Waals surface area (Å²) in [5.41, 5.74) is 1.83. The fraction of sp³-hybridized carbons (Fsp3) is 0.176. The zero-order chi connectivity index (χ0) is 15.8. The predicted octanol–water partition coefficient (Wildman–Crippen LogP) is 3.45. The maximum absolute atomic E-state index is 11.4. The third kappa shape index (κ3) is 4.80. The van der Waals surface area contributed by atoms with E-state index in [2.05, 4.69) is 5.32 Å². The molecule has 0 aliphatic rings. The lowest BCUT2D eigenvalue weighted by molar-refractivity contribution is -0.120. The summed E-state index contributed by atoms with van der Waals surface area (Å²) in [6.45, 7) is 0.718. The van der Waals surface area contributed by atoms with Crippen LogP contribution in [0.5, 0.6) is 5.75 Å². The Labute approximate surface area is 134 Å². The largest absolute Gasteiger partial charge is 0.489 e. The fourth-order valence-corrected chi connectivity index (χ4v) is 2.12. The molecule has 0 aromatic heterocycles. The van der Waals surface area contributed by atoms with E-state index in [0.717, 1.165) is 11.1 Å². The average Bonchev–Trinajstić information content (AvgIpc) is 2.52. The van der Waals surface area contributed by atoms with Gasteiger partial charge in [0.15, 0.2) is 0 Å². The van der Waals surface area contributed by atoms with Crippen molar-refractivity contribution < 1.29 is 9.53 Å². The molecule has 1 N–H and O–H groups in total. The van der Waals surface area contributed by atoms with Crippen molar-refractivity contribution in [1.82, 2.24) is 5.32 Å².